The molecule has 1 saturated heterocycles. The Hall–Kier alpha value is -3.51. The molecule has 1 aliphatic rings. The number of hydrogen-bond donors (Lipinski definition) is 1. The summed E-state index contributed by atoms with van der Waals surface area (Å²) >= 11 is 6.00. The molecule has 1 unspecified atom stereocenters. The van der Waals surface area contributed by atoms with Crippen LogP contribution in [0.3, 0.4) is 0 Å². The smallest absolute Gasteiger partial charge is 0.295 e. The minimum absolute atomic E-state index is 0.0805. The van der Waals surface area contributed by atoms with Gasteiger partial charge in [0.2, 0.25) is 0 Å². The number of ketones is 1. The van der Waals surface area contributed by atoms with Crippen LogP contribution in [0, 0.1) is 11.6 Å². The SMILES string of the molecule is O=C1C(=O)N(CCc2ccc(F)cc2)C(c2ccc(Cl)cc2)/C1=C(/O)c1ccc(F)cc1. The number of likely N-dealkylation sites (tertiary alicyclic amines) is 1. The highest BCUT2D eigenvalue weighted by Gasteiger charge is 2.45. The largest absolute Gasteiger partial charge is 0.507 e. The van der Waals surface area contributed by atoms with Gasteiger partial charge in [0.15, 0.2) is 0 Å². The highest BCUT2D eigenvalue weighted by molar-refractivity contribution is 6.46. The second-order valence-electron chi connectivity index (χ2n) is 7.43. The molecular weight excluding hydrogens is 436 g/mol. The van der Waals surface area contributed by atoms with Crippen LogP contribution in [0.15, 0.2) is 78.4 Å². The van der Waals surface area contributed by atoms with Crippen LogP contribution in [0.2, 0.25) is 5.02 Å². The molecule has 0 aliphatic carbocycles. The third-order valence-electron chi connectivity index (χ3n) is 5.40. The van der Waals surface area contributed by atoms with Crippen LogP contribution in [-0.2, 0) is 16.0 Å². The van der Waals surface area contributed by atoms with Gasteiger partial charge in [-0.1, -0.05) is 35.9 Å². The Morgan fingerprint density at radius 3 is 2.03 bits per heavy atom. The first kappa shape index (κ1) is 21.7. The lowest BCUT2D eigenvalue weighted by molar-refractivity contribution is -0.139. The van der Waals surface area contributed by atoms with Crippen molar-refractivity contribution < 1.29 is 23.5 Å². The molecule has 0 bridgehead atoms. The van der Waals surface area contributed by atoms with E-state index in [1.807, 2.05) is 0 Å². The molecule has 3 aromatic rings. The molecule has 4 rings (SSSR count). The number of carbonyl (C=O) groups is 2. The normalized spacial score (nSPS) is 17.7. The van der Waals surface area contributed by atoms with E-state index < -0.39 is 23.5 Å². The number of aliphatic hydroxyl groups is 1. The molecule has 7 heteroatoms. The van der Waals surface area contributed by atoms with Crippen molar-refractivity contribution in [3.8, 4) is 0 Å². The number of benzene rings is 3. The standard InChI is InChI=1S/C25H18ClF2NO3/c26-18-7-3-16(4-8-18)22-21(23(30)17-5-11-20(28)12-6-17)24(31)25(32)29(22)14-13-15-1-9-19(27)10-2-15/h1-12,22,30H,13-14H2/b23-21-. The van der Waals surface area contributed by atoms with E-state index in [1.54, 1.807) is 36.4 Å². The van der Waals surface area contributed by atoms with Crippen LogP contribution in [0.1, 0.15) is 22.7 Å². The molecule has 32 heavy (non-hydrogen) atoms. The molecule has 4 nitrogen and oxygen atoms in total. The average Bonchev–Trinajstić information content (AvgIpc) is 3.04. The summed E-state index contributed by atoms with van der Waals surface area (Å²) in [4.78, 5) is 27.2. The van der Waals surface area contributed by atoms with Gasteiger partial charge in [-0.2, -0.15) is 0 Å². The van der Waals surface area contributed by atoms with E-state index in [0.29, 0.717) is 17.0 Å². The van der Waals surface area contributed by atoms with Gasteiger partial charge in [0.05, 0.1) is 11.6 Å². The summed E-state index contributed by atoms with van der Waals surface area (Å²) in [5.74, 6) is -2.82. The minimum Gasteiger partial charge on any atom is -0.507 e. The van der Waals surface area contributed by atoms with Crippen LogP contribution in [0.4, 0.5) is 8.78 Å². The molecule has 1 fully saturated rings. The summed E-state index contributed by atoms with van der Waals surface area (Å²) in [7, 11) is 0. The first-order valence-corrected chi connectivity index (χ1v) is 10.3. The fraction of sp³-hybridized carbons (Fsp3) is 0.120. The van der Waals surface area contributed by atoms with Gasteiger partial charge >= 0.3 is 0 Å². The van der Waals surface area contributed by atoms with Crippen LogP contribution in [0.5, 0.6) is 0 Å². The lowest BCUT2D eigenvalue weighted by atomic mass is 9.95. The Balaban J connectivity index is 1.76. The molecule has 0 spiro atoms. The Kier molecular flexibility index (Phi) is 6.06. The number of hydrogen-bond acceptors (Lipinski definition) is 3. The van der Waals surface area contributed by atoms with Gasteiger partial charge in [0.1, 0.15) is 17.4 Å². The van der Waals surface area contributed by atoms with E-state index in [1.165, 1.54) is 29.2 Å². The van der Waals surface area contributed by atoms with Crippen molar-refractivity contribution in [2.45, 2.75) is 12.5 Å². The second kappa shape index (κ2) is 8.93. The van der Waals surface area contributed by atoms with Gasteiger partial charge in [-0.3, -0.25) is 9.59 Å². The molecule has 1 atom stereocenters. The maximum absolute atomic E-state index is 13.3. The summed E-state index contributed by atoms with van der Waals surface area (Å²) in [5, 5.41) is 11.4. The van der Waals surface area contributed by atoms with Crippen molar-refractivity contribution in [1.82, 2.24) is 4.90 Å². The summed E-state index contributed by atoms with van der Waals surface area (Å²) in [6.45, 7) is 0.170. The zero-order valence-electron chi connectivity index (χ0n) is 16.8. The Morgan fingerprint density at radius 2 is 1.44 bits per heavy atom. The molecule has 0 aromatic heterocycles. The van der Waals surface area contributed by atoms with Gasteiger partial charge in [-0.05, 0) is 66.1 Å². The summed E-state index contributed by atoms with van der Waals surface area (Å²) in [6, 6.07) is 16.7. The van der Waals surface area contributed by atoms with E-state index in [0.717, 1.165) is 17.7 Å². The first-order valence-electron chi connectivity index (χ1n) is 9.89. The second-order valence-corrected chi connectivity index (χ2v) is 7.86. The van der Waals surface area contributed by atoms with Crippen LogP contribution < -0.4 is 0 Å². The Bertz CT molecular complexity index is 1190. The zero-order valence-corrected chi connectivity index (χ0v) is 17.5. The molecule has 3 aromatic carbocycles. The Labute approximate surface area is 188 Å². The van der Waals surface area contributed by atoms with E-state index in [2.05, 4.69) is 0 Å². The number of nitrogens with zero attached hydrogens (tertiary/aromatic N) is 1. The van der Waals surface area contributed by atoms with E-state index in [4.69, 9.17) is 11.6 Å². The van der Waals surface area contributed by atoms with Crippen molar-refractivity contribution in [2.24, 2.45) is 0 Å². The molecular formula is C25H18ClF2NO3. The highest BCUT2D eigenvalue weighted by Crippen LogP contribution is 2.39. The zero-order chi connectivity index (χ0) is 22.8. The molecule has 1 N–H and O–H groups in total. The number of carbonyl (C=O) groups excluding carboxylic acids is 2. The molecule has 1 heterocycles. The van der Waals surface area contributed by atoms with Gasteiger partial charge in [0, 0.05) is 17.1 Å². The van der Waals surface area contributed by atoms with Crippen LogP contribution in [-0.4, -0.2) is 28.2 Å². The third-order valence-corrected chi connectivity index (χ3v) is 5.65. The van der Waals surface area contributed by atoms with E-state index in [-0.39, 0.29) is 29.3 Å². The van der Waals surface area contributed by atoms with Gasteiger partial charge in [-0.25, -0.2) is 8.78 Å². The number of aliphatic hydroxyl groups excluding tert-OH is 1. The minimum atomic E-state index is -0.849. The van der Waals surface area contributed by atoms with Crippen molar-refractivity contribution in [3.05, 3.63) is 112 Å². The summed E-state index contributed by atoms with van der Waals surface area (Å²) < 4.78 is 26.5. The summed E-state index contributed by atoms with van der Waals surface area (Å²) in [5.41, 5.74) is 1.53. The number of amides is 1. The predicted octanol–water partition coefficient (Wildman–Crippen LogP) is 5.28. The van der Waals surface area contributed by atoms with E-state index in [9.17, 15) is 23.5 Å². The fourth-order valence-corrected chi connectivity index (χ4v) is 3.89. The highest BCUT2D eigenvalue weighted by atomic mass is 35.5. The van der Waals surface area contributed by atoms with Gasteiger partial charge in [-0.15, -0.1) is 0 Å². The Morgan fingerprint density at radius 1 is 0.875 bits per heavy atom. The molecule has 1 aliphatic heterocycles. The van der Waals surface area contributed by atoms with Crippen LogP contribution in [0.25, 0.3) is 5.76 Å². The lowest BCUT2D eigenvalue weighted by Crippen LogP contribution is -2.31. The number of halogens is 3. The molecule has 1 amide bonds. The van der Waals surface area contributed by atoms with Crippen molar-refractivity contribution in [1.29, 1.82) is 0 Å². The summed E-state index contributed by atoms with van der Waals surface area (Å²) in [6.07, 6.45) is 0.383. The first-order chi connectivity index (χ1) is 15.3. The van der Waals surface area contributed by atoms with Crippen LogP contribution >= 0.6 is 11.6 Å². The van der Waals surface area contributed by atoms with Gasteiger partial charge < -0.3 is 10.0 Å². The predicted molar refractivity (Wildman–Crippen MR) is 117 cm³/mol. The van der Waals surface area contributed by atoms with Gasteiger partial charge in [0.25, 0.3) is 11.7 Å². The van der Waals surface area contributed by atoms with Crippen molar-refractivity contribution in [3.63, 3.8) is 0 Å². The maximum Gasteiger partial charge on any atom is 0.295 e. The number of rotatable bonds is 5. The van der Waals surface area contributed by atoms with Crippen molar-refractivity contribution in [2.75, 3.05) is 6.54 Å². The monoisotopic (exact) mass is 453 g/mol. The quantitative estimate of drug-likeness (QED) is 0.325. The maximum atomic E-state index is 13.3. The lowest BCUT2D eigenvalue weighted by Gasteiger charge is -2.25. The van der Waals surface area contributed by atoms with E-state index >= 15 is 0 Å². The topological polar surface area (TPSA) is 57.6 Å². The third kappa shape index (κ3) is 4.27. The molecule has 0 saturated carbocycles. The van der Waals surface area contributed by atoms with Crippen molar-refractivity contribution >= 4 is 29.1 Å². The average molecular weight is 454 g/mol. The number of Topliss-reactive ketones (excluding diaryl/α,β-unsaturated/α-hetero) is 1. The fourth-order valence-electron chi connectivity index (χ4n) is 3.77. The molecule has 0 radical (unpaired) electrons. The molecule has 162 valence electrons.